The van der Waals surface area contributed by atoms with Crippen LogP contribution in [0.5, 0.6) is 0 Å². The van der Waals surface area contributed by atoms with Crippen molar-refractivity contribution in [1.82, 2.24) is 10.3 Å². The Morgan fingerprint density at radius 1 is 1.40 bits per heavy atom. The van der Waals surface area contributed by atoms with Crippen LogP contribution in [-0.4, -0.2) is 30.0 Å². The Morgan fingerprint density at radius 3 is 2.75 bits per heavy atom. The van der Waals surface area contributed by atoms with Gasteiger partial charge < -0.3 is 10.2 Å². The zero-order valence-corrected chi connectivity index (χ0v) is 12.5. The molecule has 0 unspecified atom stereocenters. The molecule has 1 aliphatic heterocycles. The average molecular weight is 275 g/mol. The van der Waals surface area contributed by atoms with E-state index in [0.29, 0.717) is 18.4 Å². The fourth-order valence-corrected chi connectivity index (χ4v) is 2.51. The van der Waals surface area contributed by atoms with Gasteiger partial charge in [0.1, 0.15) is 5.82 Å². The molecule has 1 fully saturated rings. The van der Waals surface area contributed by atoms with Gasteiger partial charge in [-0.25, -0.2) is 4.98 Å². The quantitative estimate of drug-likeness (QED) is 0.898. The van der Waals surface area contributed by atoms with E-state index in [9.17, 15) is 4.79 Å². The number of nitrogens with zero attached hydrogens (tertiary/aromatic N) is 2. The first kappa shape index (κ1) is 14.8. The van der Waals surface area contributed by atoms with Crippen molar-refractivity contribution < 1.29 is 4.79 Å². The third-order valence-electron chi connectivity index (χ3n) is 3.78. The summed E-state index contributed by atoms with van der Waals surface area (Å²) in [7, 11) is 0. The Kier molecular flexibility index (Phi) is 5.39. The molecular formula is C16H25N3O. The molecule has 2 rings (SSSR count). The van der Waals surface area contributed by atoms with E-state index < -0.39 is 0 Å². The maximum atomic E-state index is 11.8. The summed E-state index contributed by atoms with van der Waals surface area (Å²) in [6.45, 7) is 6.23. The van der Waals surface area contributed by atoms with Crippen LogP contribution in [0.1, 0.15) is 39.5 Å². The minimum absolute atomic E-state index is 0.204. The molecule has 1 aromatic heterocycles. The number of hydrogen-bond donors (Lipinski definition) is 1. The number of hydrogen-bond acceptors (Lipinski definition) is 3. The zero-order valence-electron chi connectivity index (χ0n) is 12.5. The van der Waals surface area contributed by atoms with Crippen molar-refractivity contribution in [3.8, 4) is 0 Å². The molecule has 1 aromatic rings. The zero-order chi connectivity index (χ0) is 14.4. The van der Waals surface area contributed by atoms with Crippen LogP contribution >= 0.6 is 0 Å². The van der Waals surface area contributed by atoms with Gasteiger partial charge in [0.2, 0.25) is 5.91 Å². The summed E-state index contributed by atoms with van der Waals surface area (Å²) in [5.41, 5.74) is 0. The topological polar surface area (TPSA) is 45.2 Å². The van der Waals surface area contributed by atoms with Gasteiger partial charge in [0.25, 0.3) is 0 Å². The molecule has 0 aromatic carbocycles. The van der Waals surface area contributed by atoms with Crippen molar-refractivity contribution in [3.63, 3.8) is 0 Å². The highest BCUT2D eigenvalue weighted by Crippen LogP contribution is 2.17. The first-order valence-corrected chi connectivity index (χ1v) is 7.60. The molecule has 0 radical (unpaired) electrons. The summed E-state index contributed by atoms with van der Waals surface area (Å²) in [6.07, 6.45) is 5.46. The molecule has 0 bridgehead atoms. The summed E-state index contributed by atoms with van der Waals surface area (Å²) in [4.78, 5) is 18.5. The van der Waals surface area contributed by atoms with Gasteiger partial charge in [-0.3, -0.25) is 4.79 Å². The predicted octanol–water partition coefficient (Wildman–Crippen LogP) is 2.60. The Balaban J connectivity index is 1.73. The number of carbonyl (C=O) groups is 1. The second-order valence-corrected chi connectivity index (χ2v) is 5.95. The van der Waals surface area contributed by atoms with Gasteiger partial charge in [0, 0.05) is 31.7 Å². The van der Waals surface area contributed by atoms with Crippen molar-refractivity contribution in [3.05, 3.63) is 24.4 Å². The lowest BCUT2D eigenvalue weighted by Gasteiger charge is -2.33. The van der Waals surface area contributed by atoms with Gasteiger partial charge in [-0.2, -0.15) is 0 Å². The predicted molar refractivity (Wildman–Crippen MR) is 81.7 cm³/mol. The third kappa shape index (κ3) is 4.51. The minimum Gasteiger partial charge on any atom is -0.356 e. The van der Waals surface area contributed by atoms with Gasteiger partial charge in [-0.1, -0.05) is 19.9 Å². The van der Waals surface area contributed by atoms with Crippen LogP contribution < -0.4 is 10.2 Å². The van der Waals surface area contributed by atoms with E-state index >= 15 is 0 Å². The number of aromatic nitrogens is 1. The van der Waals surface area contributed by atoms with E-state index in [4.69, 9.17) is 0 Å². The highest BCUT2D eigenvalue weighted by Gasteiger charge is 2.21. The number of piperidine rings is 1. The lowest BCUT2D eigenvalue weighted by Crippen LogP contribution is -2.44. The molecule has 0 aliphatic carbocycles. The Morgan fingerprint density at radius 2 is 2.15 bits per heavy atom. The average Bonchev–Trinajstić information content (AvgIpc) is 2.47. The van der Waals surface area contributed by atoms with Crippen LogP contribution in [-0.2, 0) is 4.79 Å². The minimum atomic E-state index is 0.204. The van der Waals surface area contributed by atoms with Crippen molar-refractivity contribution >= 4 is 11.7 Å². The molecular weight excluding hydrogens is 250 g/mol. The number of rotatable bonds is 5. The van der Waals surface area contributed by atoms with E-state index in [1.54, 1.807) is 0 Å². The molecule has 1 N–H and O–H groups in total. The Hall–Kier alpha value is -1.58. The third-order valence-corrected chi connectivity index (χ3v) is 3.78. The summed E-state index contributed by atoms with van der Waals surface area (Å²) in [6, 6.07) is 6.32. The van der Waals surface area contributed by atoms with Crippen LogP contribution in [0.4, 0.5) is 5.82 Å². The number of nitrogens with one attached hydrogen (secondary N) is 1. The van der Waals surface area contributed by atoms with Crippen LogP contribution in [0.25, 0.3) is 0 Å². The molecule has 1 saturated heterocycles. The molecule has 4 heteroatoms. The van der Waals surface area contributed by atoms with Crippen LogP contribution in [0.15, 0.2) is 24.4 Å². The molecule has 0 spiro atoms. The van der Waals surface area contributed by atoms with E-state index in [1.165, 1.54) is 0 Å². The standard InChI is InChI=1S/C16H25N3O/c1-13(2)6-7-16(20)18-14-8-11-19(12-9-14)15-5-3-4-10-17-15/h3-5,10,13-14H,6-9,11-12H2,1-2H3,(H,18,20). The van der Waals surface area contributed by atoms with E-state index in [1.807, 2.05) is 24.4 Å². The first-order valence-electron chi connectivity index (χ1n) is 7.60. The van der Waals surface area contributed by atoms with Gasteiger partial charge in [0.15, 0.2) is 0 Å². The second-order valence-electron chi connectivity index (χ2n) is 5.95. The summed E-state index contributed by atoms with van der Waals surface area (Å²) in [5, 5.41) is 3.16. The Bertz CT molecular complexity index is 411. The van der Waals surface area contributed by atoms with Crippen LogP contribution in [0, 0.1) is 5.92 Å². The molecule has 110 valence electrons. The van der Waals surface area contributed by atoms with E-state index in [2.05, 4.69) is 29.0 Å². The fraction of sp³-hybridized carbons (Fsp3) is 0.625. The van der Waals surface area contributed by atoms with Crippen molar-refractivity contribution in [2.45, 2.75) is 45.6 Å². The normalized spacial score (nSPS) is 16.4. The Labute approximate surface area is 121 Å². The van der Waals surface area contributed by atoms with Gasteiger partial charge in [-0.15, -0.1) is 0 Å². The van der Waals surface area contributed by atoms with Crippen LogP contribution in [0.3, 0.4) is 0 Å². The SMILES string of the molecule is CC(C)CCC(=O)NC1CCN(c2ccccn2)CC1. The maximum absolute atomic E-state index is 11.8. The number of amides is 1. The maximum Gasteiger partial charge on any atom is 0.220 e. The number of carbonyl (C=O) groups excluding carboxylic acids is 1. The van der Waals surface area contributed by atoms with Crippen molar-refractivity contribution in [2.24, 2.45) is 5.92 Å². The molecule has 1 amide bonds. The lowest BCUT2D eigenvalue weighted by atomic mass is 10.0. The highest BCUT2D eigenvalue weighted by atomic mass is 16.1. The fourth-order valence-electron chi connectivity index (χ4n) is 2.51. The molecule has 1 aliphatic rings. The van der Waals surface area contributed by atoms with Crippen molar-refractivity contribution in [2.75, 3.05) is 18.0 Å². The van der Waals surface area contributed by atoms with Gasteiger partial charge in [-0.05, 0) is 37.3 Å². The molecule has 4 nitrogen and oxygen atoms in total. The summed E-state index contributed by atoms with van der Waals surface area (Å²) in [5.74, 6) is 1.83. The van der Waals surface area contributed by atoms with Gasteiger partial charge >= 0.3 is 0 Å². The molecule has 2 heterocycles. The second kappa shape index (κ2) is 7.27. The smallest absolute Gasteiger partial charge is 0.220 e. The molecule has 0 saturated carbocycles. The van der Waals surface area contributed by atoms with Crippen molar-refractivity contribution in [1.29, 1.82) is 0 Å². The van der Waals surface area contributed by atoms with E-state index in [0.717, 1.165) is 38.2 Å². The van der Waals surface area contributed by atoms with Gasteiger partial charge in [0.05, 0.1) is 0 Å². The largest absolute Gasteiger partial charge is 0.356 e. The first-order chi connectivity index (χ1) is 9.65. The lowest BCUT2D eigenvalue weighted by molar-refractivity contribution is -0.122. The van der Waals surface area contributed by atoms with Crippen LogP contribution in [0.2, 0.25) is 0 Å². The number of anilines is 1. The monoisotopic (exact) mass is 275 g/mol. The summed E-state index contributed by atoms with van der Waals surface area (Å²) < 4.78 is 0. The van der Waals surface area contributed by atoms with E-state index in [-0.39, 0.29) is 5.91 Å². The number of pyridine rings is 1. The highest BCUT2D eigenvalue weighted by molar-refractivity contribution is 5.76. The molecule has 0 atom stereocenters. The molecule has 20 heavy (non-hydrogen) atoms. The summed E-state index contributed by atoms with van der Waals surface area (Å²) >= 11 is 0.